The van der Waals surface area contributed by atoms with Crippen molar-refractivity contribution >= 4 is 11.9 Å². The third-order valence-corrected chi connectivity index (χ3v) is 6.19. The number of carbonyl (C=O) groups excluding carboxylic acids is 2. The number of rotatable bonds is 11. The Hall–Kier alpha value is -3.48. The zero-order chi connectivity index (χ0) is 27.7. The van der Waals surface area contributed by atoms with Gasteiger partial charge in [-0.25, -0.2) is 0 Å². The van der Waals surface area contributed by atoms with Crippen molar-refractivity contribution in [1.29, 1.82) is 0 Å². The Bertz CT molecular complexity index is 1210. The number of aryl methyl sites for hydroxylation is 2. The summed E-state index contributed by atoms with van der Waals surface area (Å²) in [6.45, 7) is 10.5. The second kappa shape index (κ2) is 13.4. The minimum atomic E-state index is -0.838. The topological polar surface area (TPSA) is 84.9 Å². The smallest absolute Gasteiger partial charge is 0.315 e. The quantitative estimate of drug-likeness (QED) is 0.257. The van der Waals surface area contributed by atoms with Crippen LogP contribution in [0.3, 0.4) is 0 Å². The molecule has 0 aliphatic rings. The largest absolute Gasteiger partial charge is 0.422 e. The first kappa shape index (κ1) is 29.1. The minimum absolute atomic E-state index is 0.0690. The Morgan fingerprint density at radius 3 is 1.63 bits per heavy atom. The number of aliphatic hydroxyl groups excluding tert-OH is 1. The molecule has 0 saturated heterocycles. The van der Waals surface area contributed by atoms with Gasteiger partial charge in [-0.2, -0.15) is 0 Å². The molecule has 0 radical (unpaired) electrons. The number of carbonyl (C=O) groups is 2. The van der Waals surface area contributed by atoms with Crippen molar-refractivity contribution in [1.82, 2.24) is 5.32 Å². The summed E-state index contributed by atoms with van der Waals surface area (Å²) < 4.78 is 11.3. The van der Waals surface area contributed by atoms with Crippen LogP contribution in [-0.2, 0) is 35.3 Å². The molecule has 0 spiro atoms. The van der Waals surface area contributed by atoms with Crippen LogP contribution >= 0.6 is 0 Å². The van der Waals surface area contributed by atoms with Crippen molar-refractivity contribution in [3.8, 4) is 11.5 Å². The van der Waals surface area contributed by atoms with Gasteiger partial charge >= 0.3 is 11.9 Å². The van der Waals surface area contributed by atoms with E-state index in [1.54, 1.807) is 18.2 Å². The molecule has 0 saturated carbocycles. The van der Waals surface area contributed by atoms with E-state index in [0.29, 0.717) is 12.1 Å². The van der Waals surface area contributed by atoms with E-state index in [1.165, 1.54) is 11.1 Å². The lowest BCUT2D eigenvalue weighted by Crippen LogP contribution is -2.38. The highest BCUT2D eigenvalue weighted by Crippen LogP contribution is 2.32. The molecule has 3 aromatic carbocycles. The summed E-state index contributed by atoms with van der Waals surface area (Å²) >= 11 is 0. The van der Waals surface area contributed by atoms with Crippen molar-refractivity contribution < 1.29 is 24.2 Å². The molecule has 3 aromatic rings. The van der Waals surface area contributed by atoms with Crippen molar-refractivity contribution in [2.75, 3.05) is 6.54 Å². The molecule has 202 valence electrons. The Labute approximate surface area is 226 Å². The van der Waals surface area contributed by atoms with Crippen molar-refractivity contribution in [3.63, 3.8) is 0 Å². The molecule has 3 rings (SSSR count). The maximum atomic E-state index is 12.8. The number of aliphatic hydroxyl groups is 1. The molecule has 0 amide bonds. The maximum Gasteiger partial charge on any atom is 0.315 e. The van der Waals surface area contributed by atoms with Gasteiger partial charge < -0.3 is 19.9 Å². The van der Waals surface area contributed by atoms with Crippen molar-refractivity contribution in [2.45, 2.75) is 71.9 Å². The van der Waals surface area contributed by atoms with Gasteiger partial charge in [0.25, 0.3) is 0 Å². The van der Waals surface area contributed by atoms with Crippen LogP contribution in [0.1, 0.15) is 68.5 Å². The summed E-state index contributed by atoms with van der Waals surface area (Å²) in [5.41, 5.74) is 4.41. The summed E-state index contributed by atoms with van der Waals surface area (Å²) in [7, 11) is 0. The highest BCUT2D eigenvalue weighted by atomic mass is 16.6. The van der Waals surface area contributed by atoms with Crippen LogP contribution in [0.25, 0.3) is 0 Å². The second-order valence-electron chi connectivity index (χ2n) is 10.5. The summed E-state index contributed by atoms with van der Waals surface area (Å²) in [5.74, 6) is -0.720. The van der Waals surface area contributed by atoms with Crippen LogP contribution < -0.4 is 14.8 Å². The predicted molar refractivity (Wildman–Crippen MR) is 149 cm³/mol. The zero-order valence-corrected chi connectivity index (χ0v) is 23.0. The molecule has 1 unspecified atom stereocenters. The molecule has 0 heterocycles. The highest BCUT2D eigenvalue weighted by Gasteiger charge is 2.19. The number of benzene rings is 3. The van der Waals surface area contributed by atoms with Gasteiger partial charge in [-0.15, -0.1) is 0 Å². The first-order chi connectivity index (χ1) is 18.1. The standard InChI is InChI=1S/C32H39NO5/c1-6-22-8-12-24(13-9-22)18-30(35)37-28-17-16-26(27(34)21-33-32(3,4)5)20-29(28)38-31(36)19-25-14-10-23(7-2)11-15-25/h8-17,20,27,33-34H,6-7,18-19,21H2,1-5H3. The van der Waals surface area contributed by atoms with Crippen LogP contribution in [0.15, 0.2) is 66.7 Å². The third-order valence-electron chi connectivity index (χ3n) is 6.19. The van der Waals surface area contributed by atoms with E-state index in [-0.39, 0.29) is 29.9 Å². The van der Waals surface area contributed by atoms with E-state index >= 15 is 0 Å². The number of esters is 2. The average Bonchev–Trinajstić information content (AvgIpc) is 2.88. The third kappa shape index (κ3) is 9.12. The summed E-state index contributed by atoms with van der Waals surface area (Å²) in [5, 5.41) is 14.0. The first-order valence-corrected chi connectivity index (χ1v) is 13.2. The Kier molecular flexibility index (Phi) is 10.2. The first-order valence-electron chi connectivity index (χ1n) is 13.2. The van der Waals surface area contributed by atoms with Gasteiger partial charge in [0.15, 0.2) is 11.5 Å². The van der Waals surface area contributed by atoms with Crippen LogP contribution in [0.4, 0.5) is 0 Å². The van der Waals surface area contributed by atoms with Gasteiger partial charge in [-0.3, -0.25) is 9.59 Å². The molecule has 6 heteroatoms. The van der Waals surface area contributed by atoms with Crippen LogP contribution in [-0.4, -0.2) is 29.1 Å². The lowest BCUT2D eigenvalue weighted by atomic mass is 10.1. The van der Waals surface area contributed by atoms with Gasteiger partial charge in [-0.1, -0.05) is 68.4 Å². The van der Waals surface area contributed by atoms with E-state index in [0.717, 1.165) is 24.0 Å². The number of β-amino-alcohol motifs (C(OH)–C–C–N with tert-alkyl or cyclic N) is 1. The van der Waals surface area contributed by atoms with Gasteiger partial charge in [0.05, 0.1) is 18.9 Å². The van der Waals surface area contributed by atoms with Crippen molar-refractivity contribution in [3.05, 3.63) is 94.5 Å². The number of hydrogen-bond donors (Lipinski definition) is 2. The van der Waals surface area contributed by atoms with E-state index < -0.39 is 18.0 Å². The summed E-state index contributed by atoms with van der Waals surface area (Å²) in [6, 6.07) is 20.4. The molecule has 0 aliphatic carbocycles. The second-order valence-corrected chi connectivity index (χ2v) is 10.5. The van der Waals surface area contributed by atoms with E-state index in [4.69, 9.17) is 9.47 Å². The fraction of sp³-hybridized carbons (Fsp3) is 0.375. The SMILES string of the molecule is CCc1ccc(CC(=O)Oc2ccc(C(O)CNC(C)(C)C)cc2OC(=O)Cc2ccc(CC)cc2)cc1. The molecule has 6 nitrogen and oxygen atoms in total. The number of hydrogen-bond acceptors (Lipinski definition) is 6. The van der Waals surface area contributed by atoms with Gasteiger partial charge in [0.2, 0.25) is 0 Å². The fourth-order valence-corrected chi connectivity index (χ4v) is 3.85. The molecule has 0 bridgehead atoms. The Balaban J connectivity index is 1.77. The molecular formula is C32H39NO5. The van der Waals surface area contributed by atoms with Crippen LogP contribution in [0, 0.1) is 0 Å². The Morgan fingerprint density at radius 1 is 0.737 bits per heavy atom. The summed E-state index contributed by atoms with van der Waals surface area (Å²) in [4.78, 5) is 25.6. The molecular weight excluding hydrogens is 478 g/mol. The van der Waals surface area contributed by atoms with Gasteiger partial charge in [0, 0.05) is 12.1 Å². The highest BCUT2D eigenvalue weighted by molar-refractivity contribution is 5.78. The summed E-state index contributed by atoms with van der Waals surface area (Å²) in [6.07, 6.45) is 1.16. The molecule has 38 heavy (non-hydrogen) atoms. The van der Waals surface area contributed by atoms with E-state index in [2.05, 4.69) is 19.2 Å². The van der Waals surface area contributed by atoms with Crippen LogP contribution in [0.2, 0.25) is 0 Å². The van der Waals surface area contributed by atoms with Gasteiger partial charge in [0.1, 0.15) is 0 Å². The molecule has 0 fully saturated rings. The van der Waals surface area contributed by atoms with Crippen LogP contribution in [0.5, 0.6) is 11.5 Å². The number of nitrogens with one attached hydrogen (secondary N) is 1. The van der Waals surface area contributed by atoms with Gasteiger partial charge in [-0.05, 0) is 73.6 Å². The fourth-order valence-electron chi connectivity index (χ4n) is 3.85. The minimum Gasteiger partial charge on any atom is -0.422 e. The monoisotopic (exact) mass is 517 g/mol. The Morgan fingerprint density at radius 2 is 1.18 bits per heavy atom. The zero-order valence-electron chi connectivity index (χ0n) is 23.0. The molecule has 0 aromatic heterocycles. The lowest BCUT2D eigenvalue weighted by molar-refractivity contribution is -0.136. The predicted octanol–water partition coefficient (Wildman–Crippen LogP) is 5.53. The maximum absolute atomic E-state index is 12.8. The van der Waals surface area contributed by atoms with E-state index in [9.17, 15) is 14.7 Å². The lowest BCUT2D eigenvalue weighted by Gasteiger charge is -2.23. The average molecular weight is 518 g/mol. The van der Waals surface area contributed by atoms with Crippen molar-refractivity contribution in [2.24, 2.45) is 0 Å². The normalized spacial score (nSPS) is 12.2. The molecule has 0 aliphatic heterocycles. The molecule has 1 atom stereocenters. The molecule has 2 N–H and O–H groups in total. The number of ether oxygens (including phenoxy) is 2. The van der Waals surface area contributed by atoms with E-state index in [1.807, 2.05) is 69.3 Å².